The molecular weight excluding hydrogens is 168 g/mol. The number of rotatable bonds is 2. The maximum Gasteiger partial charge on any atom is 0.276 e. The van der Waals surface area contributed by atoms with Gasteiger partial charge in [-0.25, -0.2) is 4.98 Å². The Morgan fingerprint density at radius 1 is 1.54 bits per heavy atom. The first kappa shape index (κ1) is 9.57. The predicted molar refractivity (Wildman–Crippen MR) is 51.8 cm³/mol. The van der Waals surface area contributed by atoms with E-state index in [4.69, 9.17) is 11.6 Å². The van der Waals surface area contributed by atoms with Gasteiger partial charge in [-0.05, 0) is 13.3 Å². The molecule has 0 unspecified atom stereocenters. The van der Waals surface area contributed by atoms with Crippen molar-refractivity contribution in [1.82, 2.24) is 9.66 Å². The maximum absolute atomic E-state index is 11.4. The zero-order chi connectivity index (χ0) is 10.0. The van der Waals surface area contributed by atoms with E-state index in [1.807, 2.05) is 6.92 Å². The van der Waals surface area contributed by atoms with E-state index in [0.717, 1.165) is 23.2 Å². The first-order valence-electron chi connectivity index (χ1n) is 4.21. The lowest BCUT2D eigenvalue weighted by molar-refractivity contribution is 0.813. The lowest BCUT2D eigenvalue weighted by Crippen LogP contribution is -2.33. The van der Waals surface area contributed by atoms with E-state index in [0.29, 0.717) is 5.56 Å². The number of nitrogens with zero attached hydrogens (tertiary/aromatic N) is 2. The molecule has 5 nitrogen and oxygen atoms in total. The number of aromatic nitrogens is 2. The van der Waals surface area contributed by atoms with E-state index in [9.17, 15) is 4.79 Å². The predicted octanol–water partition coefficient (Wildman–Crippen LogP) is -0.200. The Balaban J connectivity index is 3.32. The second-order valence-electron chi connectivity index (χ2n) is 2.97. The highest BCUT2D eigenvalue weighted by atomic mass is 16.1. The minimum Gasteiger partial charge on any atom is -0.368 e. The molecule has 1 heterocycles. The molecule has 4 N–H and O–H groups in total. The molecule has 0 atom stereocenters. The molecular formula is C8H14N4O. The van der Waals surface area contributed by atoms with E-state index in [1.165, 1.54) is 0 Å². The zero-order valence-corrected chi connectivity index (χ0v) is 7.87. The van der Waals surface area contributed by atoms with Gasteiger partial charge in [0.1, 0.15) is 0 Å². The number of aryl methyl sites for hydroxylation is 1. The van der Waals surface area contributed by atoms with Crippen LogP contribution in [-0.2, 0) is 6.42 Å². The second kappa shape index (κ2) is 3.47. The van der Waals surface area contributed by atoms with Crippen LogP contribution >= 0.6 is 0 Å². The van der Waals surface area contributed by atoms with Crippen molar-refractivity contribution in [3.63, 3.8) is 0 Å². The molecule has 1 rings (SSSR count). The van der Waals surface area contributed by atoms with Gasteiger partial charge in [0.2, 0.25) is 5.95 Å². The summed E-state index contributed by atoms with van der Waals surface area (Å²) in [6.07, 6.45) is 1.69. The first-order chi connectivity index (χ1) is 6.07. The van der Waals surface area contributed by atoms with Crippen LogP contribution in [0.5, 0.6) is 0 Å². The summed E-state index contributed by atoms with van der Waals surface area (Å²) >= 11 is 0. The van der Waals surface area contributed by atoms with Crippen molar-refractivity contribution in [3.8, 4) is 0 Å². The van der Waals surface area contributed by atoms with E-state index in [-0.39, 0.29) is 11.5 Å². The van der Waals surface area contributed by atoms with Gasteiger partial charge in [0.25, 0.3) is 5.56 Å². The van der Waals surface area contributed by atoms with Gasteiger partial charge in [-0.3, -0.25) is 4.79 Å². The Bertz CT molecular complexity index is 369. The molecule has 1 aromatic heterocycles. The Morgan fingerprint density at radius 2 is 2.15 bits per heavy atom. The van der Waals surface area contributed by atoms with Crippen LogP contribution in [-0.4, -0.2) is 9.66 Å². The molecule has 5 heteroatoms. The molecule has 1 aromatic rings. The monoisotopic (exact) mass is 182 g/mol. The normalized spacial score (nSPS) is 10.3. The number of anilines is 1. The highest BCUT2D eigenvalue weighted by Gasteiger charge is 2.08. The topological polar surface area (TPSA) is 86.9 Å². The highest BCUT2D eigenvalue weighted by Crippen LogP contribution is 2.04. The molecule has 0 amide bonds. The lowest BCUT2D eigenvalue weighted by Gasteiger charge is -2.07. The molecule has 0 spiro atoms. The summed E-state index contributed by atoms with van der Waals surface area (Å²) in [6.45, 7) is 3.73. The van der Waals surface area contributed by atoms with Crippen LogP contribution < -0.4 is 17.1 Å². The summed E-state index contributed by atoms with van der Waals surface area (Å²) < 4.78 is 0.870. The first-order valence-corrected chi connectivity index (χ1v) is 4.21. The molecule has 13 heavy (non-hydrogen) atoms. The third kappa shape index (κ3) is 1.63. The smallest absolute Gasteiger partial charge is 0.276 e. The van der Waals surface area contributed by atoms with Crippen molar-refractivity contribution >= 4 is 5.95 Å². The molecule has 0 fully saturated rings. The van der Waals surface area contributed by atoms with Gasteiger partial charge in [0.15, 0.2) is 0 Å². The Morgan fingerprint density at radius 3 is 2.69 bits per heavy atom. The molecule has 0 aliphatic carbocycles. The molecule has 0 radical (unpaired) electrons. The van der Waals surface area contributed by atoms with Crippen LogP contribution in [0.15, 0.2) is 4.79 Å². The van der Waals surface area contributed by atoms with Crippen molar-refractivity contribution in [2.24, 2.45) is 0 Å². The van der Waals surface area contributed by atoms with Crippen LogP contribution in [0.25, 0.3) is 0 Å². The molecule has 0 aromatic carbocycles. The van der Waals surface area contributed by atoms with Crippen molar-refractivity contribution in [3.05, 3.63) is 21.6 Å². The summed E-state index contributed by atoms with van der Waals surface area (Å²) in [7, 11) is 0. The quantitative estimate of drug-likeness (QED) is 0.620. The van der Waals surface area contributed by atoms with Crippen LogP contribution in [0, 0.1) is 6.92 Å². The molecule has 0 saturated heterocycles. The highest BCUT2D eigenvalue weighted by molar-refractivity contribution is 5.26. The number of nitrogens with two attached hydrogens (primary N) is 2. The van der Waals surface area contributed by atoms with Gasteiger partial charge >= 0.3 is 0 Å². The molecule has 72 valence electrons. The van der Waals surface area contributed by atoms with Gasteiger partial charge in [0, 0.05) is 5.56 Å². The fraction of sp³-hybridized carbons (Fsp3) is 0.500. The minimum atomic E-state index is -0.268. The van der Waals surface area contributed by atoms with Crippen molar-refractivity contribution in [2.75, 3.05) is 11.6 Å². The van der Waals surface area contributed by atoms with Crippen molar-refractivity contribution in [2.45, 2.75) is 26.7 Å². The van der Waals surface area contributed by atoms with E-state index >= 15 is 0 Å². The van der Waals surface area contributed by atoms with E-state index in [1.54, 1.807) is 6.92 Å². The summed E-state index contributed by atoms with van der Waals surface area (Å²) in [5.41, 5.74) is 6.50. The summed E-state index contributed by atoms with van der Waals surface area (Å²) in [5.74, 6) is 5.43. The van der Waals surface area contributed by atoms with Crippen LogP contribution in [0.3, 0.4) is 0 Å². The third-order valence-corrected chi connectivity index (χ3v) is 1.96. The minimum absolute atomic E-state index is 0.0686. The largest absolute Gasteiger partial charge is 0.368 e. The van der Waals surface area contributed by atoms with Crippen molar-refractivity contribution in [1.29, 1.82) is 0 Å². The van der Waals surface area contributed by atoms with E-state index in [2.05, 4.69) is 4.98 Å². The molecule has 0 aliphatic heterocycles. The van der Waals surface area contributed by atoms with Gasteiger partial charge in [-0.15, -0.1) is 0 Å². The van der Waals surface area contributed by atoms with Crippen LogP contribution in [0.2, 0.25) is 0 Å². The van der Waals surface area contributed by atoms with Crippen molar-refractivity contribution < 1.29 is 0 Å². The van der Waals surface area contributed by atoms with E-state index < -0.39 is 0 Å². The zero-order valence-electron chi connectivity index (χ0n) is 7.87. The number of hydrogen-bond donors (Lipinski definition) is 2. The molecule has 0 saturated carbocycles. The Hall–Kier alpha value is -1.52. The summed E-state index contributed by atoms with van der Waals surface area (Å²) in [6, 6.07) is 0. The fourth-order valence-corrected chi connectivity index (χ4v) is 1.16. The lowest BCUT2D eigenvalue weighted by atomic mass is 10.1. The average Bonchev–Trinajstić information content (AvgIpc) is 2.11. The van der Waals surface area contributed by atoms with Gasteiger partial charge in [-0.1, -0.05) is 13.3 Å². The standard InChI is InChI=1S/C8H14N4O/c1-3-4-6-5(2)7(13)12(10)8(9)11-6/h3-4,10H2,1-2H3,(H2,9,11). The van der Waals surface area contributed by atoms with Gasteiger partial charge in [-0.2, -0.15) is 4.68 Å². The second-order valence-corrected chi connectivity index (χ2v) is 2.97. The number of hydrogen-bond acceptors (Lipinski definition) is 4. The maximum atomic E-state index is 11.4. The SMILES string of the molecule is CCCc1nc(N)n(N)c(=O)c1C. The van der Waals surface area contributed by atoms with Gasteiger partial charge < -0.3 is 11.6 Å². The number of nitrogen functional groups attached to an aromatic ring is 2. The average molecular weight is 182 g/mol. The van der Waals surface area contributed by atoms with Crippen LogP contribution in [0.1, 0.15) is 24.6 Å². The molecule has 0 aliphatic rings. The van der Waals surface area contributed by atoms with Crippen LogP contribution in [0.4, 0.5) is 5.95 Å². The molecule has 0 bridgehead atoms. The summed E-state index contributed by atoms with van der Waals surface area (Å²) in [4.78, 5) is 15.4. The summed E-state index contributed by atoms with van der Waals surface area (Å²) in [5, 5.41) is 0. The third-order valence-electron chi connectivity index (χ3n) is 1.96. The fourth-order valence-electron chi connectivity index (χ4n) is 1.16. The Kier molecular flexibility index (Phi) is 2.55. The van der Waals surface area contributed by atoms with Gasteiger partial charge in [0.05, 0.1) is 5.69 Å². The Labute approximate surface area is 76.4 Å².